The summed E-state index contributed by atoms with van der Waals surface area (Å²) in [5.41, 5.74) is -0.273. The Morgan fingerprint density at radius 2 is 1.59 bits per heavy atom. The maximum atomic E-state index is 13.0. The summed E-state index contributed by atoms with van der Waals surface area (Å²) in [6.07, 6.45) is 1.53. The molecular weight excluding hydrogens is 348 g/mol. The quantitative estimate of drug-likeness (QED) is 0.432. The van der Waals surface area contributed by atoms with Crippen LogP contribution >= 0.6 is 0 Å². The summed E-state index contributed by atoms with van der Waals surface area (Å²) < 4.78 is 16.0. The van der Waals surface area contributed by atoms with E-state index in [-0.39, 0.29) is 13.2 Å². The Morgan fingerprint density at radius 3 is 2.07 bits per heavy atom. The van der Waals surface area contributed by atoms with Crippen LogP contribution in [0.5, 0.6) is 0 Å². The first-order valence-electron chi connectivity index (χ1n) is 8.99. The molecule has 0 aliphatic heterocycles. The van der Waals surface area contributed by atoms with Gasteiger partial charge in [0, 0.05) is 12.5 Å². The molecule has 0 fully saturated rings. The van der Waals surface area contributed by atoms with Crippen molar-refractivity contribution in [2.75, 3.05) is 13.2 Å². The summed E-state index contributed by atoms with van der Waals surface area (Å²) in [6.45, 7) is 10.2. The number of ether oxygens (including phenoxy) is 3. The van der Waals surface area contributed by atoms with Gasteiger partial charge in [0.05, 0.1) is 13.2 Å². The summed E-state index contributed by atoms with van der Waals surface area (Å²) in [4.78, 5) is 37.6. The molecule has 2 rings (SSSR count). The van der Waals surface area contributed by atoms with E-state index in [4.69, 9.17) is 14.2 Å². The number of benzene rings is 1. The second-order valence-corrected chi connectivity index (χ2v) is 6.91. The molecule has 0 atom stereocenters. The van der Waals surface area contributed by atoms with Gasteiger partial charge in [-0.3, -0.25) is 14.4 Å². The molecule has 0 spiro atoms. The summed E-state index contributed by atoms with van der Waals surface area (Å²) >= 11 is 0. The molecule has 0 saturated carbocycles. The largest absolute Gasteiger partial charge is 0.465 e. The van der Waals surface area contributed by atoms with Crippen molar-refractivity contribution in [2.24, 2.45) is 0 Å². The van der Waals surface area contributed by atoms with Crippen LogP contribution in [0.2, 0.25) is 0 Å². The van der Waals surface area contributed by atoms with Gasteiger partial charge in [-0.15, -0.1) is 0 Å². The van der Waals surface area contributed by atoms with Gasteiger partial charge in [-0.25, -0.2) is 0 Å². The van der Waals surface area contributed by atoms with Crippen molar-refractivity contribution in [1.29, 1.82) is 0 Å². The lowest BCUT2D eigenvalue weighted by Crippen LogP contribution is -2.44. The fourth-order valence-corrected chi connectivity index (χ4v) is 3.59. The smallest absolute Gasteiger partial charge is 0.332 e. The van der Waals surface area contributed by atoms with Crippen molar-refractivity contribution < 1.29 is 28.6 Å². The number of carbonyl (C=O) groups excluding carboxylic acids is 3. The molecule has 0 aromatic heterocycles. The second kappa shape index (κ2) is 7.55. The third kappa shape index (κ3) is 3.48. The Kier molecular flexibility index (Phi) is 5.78. The highest BCUT2D eigenvalue weighted by Gasteiger charge is 2.56. The highest BCUT2D eigenvalue weighted by atomic mass is 16.6. The van der Waals surface area contributed by atoms with Gasteiger partial charge in [-0.05, 0) is 57.4 Å². The molecule has 27 heavy (non-hydrogen) atoms. The van der Waals surface area contributed by atoms with Crippen LogP contribution in [-0.2, 0) is 34.0 Å². The normalized spacial score (nSPS) is 14.8. The first-order chi connectivity index (χ1) is 12.6. The predicted octanol–water partition coefficient (Wildman–Crippen LogP) is 3.10. The molecule has 0 unspecified atom stereocenters. The van der Waals surface area contributed by atoms with Crippen LogP contribution < -0.4 is 0 Å². The van der Waals surface area contributed by atoms with E-state index in [1.807, 2.05) is 19.1 Å². The van der Waals surface area contributed by atoms with Crippen LogP contribution in [0.15, 0.2) is 24.3 Å². The summed E-state index contributed by atoms with van der Waals surface area (Å²) in [5.74, 6) is -1.86. The summed E-state index contributed by atoms with van der Waals surface area (Å²) in [7, 11) is 0. The van der Waals surface area contributed by atoms with Gasteiger partial charge in [0.15, 0.2) is 0 Å². The Labute approximate surface area is 159 Å². The number of fused-ring (bicyclic) bond motifs is 1. The molecule has 0 heterocycles. The molecule has 1 aliphatic carbocycles. The minimum absolute atomic E-state index is 0.123. The van der Waals surface area contributed by atoms with Gasteiger partial charge in [0.2, 0.25) is 5.41 Å². The van der Waals surface area contributed by atoms with Crippen LogP contribution in [0, 0.1) is 6.92 Å². The van der Waals surface area contributed by atoms with Crippen molar-refractivity contribution >= 4 is 23.5 Å². The molecule has 0 radical (unpaired) electrons. The molecule has 6 heteroatoms. The zero-order valence-electron chi connectivity index (χ0n) is 16.7. The van der Waals surface area contributed by atoms with Crippen molar-refractivity contribution in [3.8, 4) is 0 Å². The minimum Gasteiger partial charge on any atom is -0.465 e. The number of aryl methyl sites for hydroxylation is 1. The first-order valence-corrected chi connectivity index (χ1v) is 8.99. The standard InChI is InChI=1S/C21H26O6/c1-7-25-18(23)21(19(24)26-8-2)12-16(20(5,6)27-14(4)22)15-11-9-10-13(3)17(15)21/h9-12H,7-8H2,1-6H3. The topological polar surface area (TPSA) is 78.9 Å². The fraction of sp³-hybridized carbons (Fsp3) is 0.476. The maximum absolute atomic E-state index is 13.0. The minimum atomic E-state index is -1.72. The number of esters is 3. The molecule has 6 nitrogen and oxygen atoms in total. The van der Waals surface area contributed by atoms with Crippen LogP contribution in [0.1, 0.15) is 51.3 Å². The predicted molar refractivity (Wildman–Crippen MR) is 99.9 cm³/mol. The molecule has 0 bridgehead atoms. The lowest BCUT2D eigenvalue weighted by atomic mass is 9.80. The Hall–Kier alpha value is -2.63. The average Bonchev–Trinajstić information content (AvgIpc) is 2.93. The molecule has 146 valence electrons. The van der Waals surface area contributed by atoms with Crippen molar-refractivity contribution in [3.63, 3.8) is 0 Å². The number of rotatable bonds is 6. The van der Waals surface area contributed by atoms with Crippen molar-refractivity contribution in [3.05, 3.63) is 41.0 Å². The fourth-order valence-electron chi connectivity index (χ4n) is 3.59. The highest BCUT2D eigenvalue weighted by molar-refractivity contribution is 6.14. The lowest BCUT2D eigenvalue weighted by Gasteiger charge is -2.27. The van der Waals surface area contributed by atoms with E-state index in [0.29, 0.717) is 16.7 Å². The van der Waals surface area contributed by atoms with Crippen molar-refractivity contribution in [2.45, 2.75) is 52.6 Å². The number of hydrogen-bond acceptors (Lipinski definition) is 6. The van der Waals surface area contributed by atoms with E-state index in [2.05, 4.69) is 0 Å². The zero-order valence-corrected chi connectivity index (χ0v) is 16.7. The molecule has 1 aromatic rings. The van der Waals surface area contributed by atoms with E-state index in [1.165, 1.54) is 13.0 Å². The van der Waals surface area contributed by atoms with Gasteiger partial charge in [-0.2, -0.15) is 0 Å². The number of hydrogen-bond donors (Lipinski definition) is 0. The van der Waals surface area contributed by atoms with Crippen LogP contribution in [0.4, 0.5) is 0 Å². The maximum Gasteiger partial charge on any atom is 0.332 e. The Bertz CT molecular complexity index is 785. The van der Waals surface area contributed by atoms with Gasteiger partial charge < -0.3 is 14.2 Å². The van der Waals surface area contributed by atoms with Gasteiger partial charge in [0.25, 0.3) is 0 Å². The van der Waals surface area contributed by atoms with E-state index in [0.717, 1.165) is 5.56 Å². The van der Waals surface area contributed by atoms with Gasteiger partial charge >= 0.3 is 17.9 Å². The average molecular weight is 374 g/mol. The SMILES string of the molecule is CCOC(=O)C1(C(=O)OCC)C=C(C(C)(C)OC(C)=O)c2cccc(C)c21. The van der Waals surface area contributed by atoms with E-state index in [9.17, 15) is 14.4 Å². The monoisotopic (exact) mass is 374 g/mol. The van der Waals surface area contributed by atoms with E-state index >= 15 is 0 Å². The lowest BCUT2D eigenvalue weighted by molar-refractivity contribution is -0.161. The first kappa shape index (κ1) is 20.7. The van der Waals surface area contributed by atoms with Crippen LogP contribution in [0.25, 0.3) is 5.57 Å². The number of carbonyl (C=O) groups is 3. The molecule has 0 amide bonds. The van der Waals surface area contributed by atoms with E-state index < -0.39 is 28.9 Å². The third-order valence-corrected chi connectivity index (χ3v) is 4.56. The summed E-state index contributed by atoms with van der Waals surface area (Å²) in [5, 5.41) is 0. The molecule has 0 N–H and O–H groups in total. The third-order valence-electron chi connectivity index (χ3n) is 4.56. The second-order valence-electron chi connectivity index (χ2n) is 6.91. The van der Waals surface area contributed by atoms with Gasteiger partial charge in [0.1, 0.15) is 5.60 Å². The van der Waals surface area contributed by atoms with Crippen molar-refractivity contribution in [1.82, 2.24) is 0 Å². The molecule has 0 saturated heterocycles. The van der Waals surface area contributed by atoms with Crippen LogP contribution in [-0.4, -0.2) is 36.7 Å². The summed E-state index contributed by atoms with van der Waals surface area (Å²) in [6, 6.07) is 5.46. The molecule has 1 aliphatic rings. The Morgan fingerprint density at radius 1 is 1.04 bits per heavy atom. The molecule has 1 aromatic carbocycles. The highest BCUT2D eigenvalue weighted by Crippen LogP contribution is 2.48. The van der Waals surface area contributed by atoms with Gasteiger partial charge in [-0.1, -0.05) is 18.2 Å². The Balaban J connectivity index is 2.81. The molecular formula is C21H26O6. The zero-order chi connectivity index (χ0) is 20.4. The van der Waals surface area contributed by atoms with Crippen LogP contribution in [0.3, 0.4) is 0 Å². The van der Waals surface area contributed by atoms with E-state index in [1.54, 1.807) is 33.8 Å².